The number of para-hydroxylation sites is 1. The van der Waals surface area contributed by atoms with E-state index in [4.69, 9.17) is 15.1 Å². The number of phenols is 1. The van der Waals surface area contributed by atoms with Gasteiger partial charge in [-0.25, -0.2) is 0 Å². The number of hydrogen-bond acceptors (Lipinski definition) is 4. The Bertz CT molecular complexity index is 1650. The van der Waals surface area contributed by atoms with Gasteiger partial charge in [-0.15, -0.1) is 71.8 Å². The zero-order chi connectivity index (χ0) is 31.3. The van der Waals surface area contributed by atoms with Crippen LogP contribution < -0.4 is 4.73 Å². The predicted octanol–water partition coefficient (Wildman–Crippen LogP) is 8.14. The molecule has 0 bridgehead atoms. The van der Waals surface area contributed by atoms with Crippen molar-refractivity contribution >= 4 is 0 Å². The van der Waals surface area contributed by atoms with Crippen molar-refractivity contribution < 1.29 is 35.1 Å². The molecule has 0 spiro atoms. The minimum atomic E-state index is -0.000790. The summed E-state index contributed by atoms with van der Waals surface area (Å²) in [7, 11) is 0. The topological polar surface area (TPSA) is 70.1 Å². The Morgan fingerprint density at radius 3 is 1.65 bits per heavy atom. The minimum Gasteiger partial charge on any atom is -0.508 e. The number of pyridine rings is 3. The quantitative estimate of drug-likeness (QED) is 0.0837. The number of nitrogens with zero attached hydrogens (tertiary/aromatic N) is 3. The van der Waals surface area contributed by atoms with Crippen LogP contribution in [-0.2, 0) is 39.4 Å². The molecule has 0 atom stereocenters. The first kappa shape index (κ1) is 34.2. The first-order valence-electron chi connectivity index (χ1n) is 15.2. The summed E-state index contributed by atoms with van der Waals surface area (Å²) in [5, 5.41) is 18.8. The minimum absolute atomic E-state index is 0. The molecule has 0 saturated carbocycles. The van der Waals surface area contributed by atoms with Gasteiger partial charge in [-0.1, -0.05) is 49.4 Å². The van der Waals surface area contributed by atoms with Crippen LogP contribution in [0.1, 0.15) is 36.6 Å². The molecular formula is C40H38IrN3O2-. The maximum Gasteiger partial charge on any atom is 0.234 e. The number of hydrogen-bond donors (Lipinski definition) is 2. The number of rotatable bonds is 10. The molecule has 3 aromatic heterocycles. The van der Waals surface area contributed by atoms with Crippen molar-refractivity contribution in [2.24, 2.45) is 5.41 Å². The van der Waals surface area contributed by atoms with E-state index in [1.807, 2.05) is 85.2 Å². The summed E-state index contributed by atoms with van der Waals surface area (Å²) in [6.07, 6.45) is 10.3. The van der Waals surface area contributed by atoms with E-state index in [9.17, 15) is 5.21 Å². The summed E-state index contributed by atoms with van der Waals surface area (Å²) in [5.74, 6) is 0.322. The van der Waals surface area contributed by atoms with Crippen LogP contribution in [0, 0.1) is 17.5 Å². The van der Waals surface area contributed by atoms with Crippen molar-refractivity contribution in [3.8, 4) is 28.3 Å². The van der Waals surface area contributed by atoms with E-state index in [0.29, 0.717) is 5.75 Å². The molecule has 6 heteroatoms. The fourth-order valence-corrected chi connectivity index (χ4v) is 5.50. The van der Waals surface area contributed by atoms with Gasteiger partial charge in [0, 0.05) is 55.8 Å². The average Bonchev–Trinajstić information content (AvgIpc) is 3.08. The van der Waals surface area contributed by atoms with Crippen molar-refractivity contribution in [1.82, 2.24) is 9.97 Å². The van der Waals surface area contributed by atoms with Gasteiger partial charge < -0.3 is 15.1 Å². The molecule has 0 aliphatic rings. The van der Waals surface area contributed by atoms with Crippen LogP contribution in [0.25, 0.3) is 22.5 Å². The predicted molar refractivity (Wildman–Crippen MR) is 177 cm³/mol. The first-order valence-corrected chi connectivity index (χ1v) is 15.2. The zero-order valence-corrected chi connectivity index (χ0v) is 28.3. The van der Waals surface area contributed by atoms with Crippen LogP contribution in [0.15, 0.2) is 140 Å². The van der Waals surface area contributed by atoms with Gasteiger partial charge in [-0.3, -0.25) is 5.21 Å². The molecule has 235 valence electrons. The summed E-state index contributed by atoms with van der Waals surface area (Å²) < 4.78 is 1.23. The van der Waals surface area contributed by atoms with Crippen LogP contribution in [0.5, 0.6) is 5.75 Å². The third kappa shape index (κ3) is 10.2. The molecule has 0 unspecified atom stereocenters. The monoisotopic (exact) mass is 785 g/mol. The SMILES string of the molecule is CC(CCCc1cccc[n+]1O)(Cc1ccc(-c2[c-]cccc2)nc1)Cc1ccc(-c2[c-]cccc2)nc1.Oc1ccccc1.[Ir]. The van der Waals surface area contributed by atoms with Crippen molar-refractivity contribution in [2.75, 3.05) is 0 Å². The van der Waals surface area contributed by atoms with E-state index in [0.717, 1.165) is 60.3 Å². The molecule has 2 N–H and O–H groups in total. The number of aryl methyl sites for hydroxylation is 1. The molecule has 0 fully saturated rings. The van der Waals surface area contributed by atoms with Gasteiger partial charge in [0.25, 0.3) is 0 Å². The van der Waals surface area contributed by atoms with Gasteiger partial charge in [0.2, 0.25) is 11.9 Å². The average molecular weight is 785 g/mol. The standard InChI is InChI=1S/C34H32N3O.C6H6O.Ir/c1-34(21-10-16-31-15-8-9-22-37(31)38,23-27-17-19-32(35-25-27)29-11-4-2-5-12-29)24-28-18-20-33(36-26-28)30-13-6-3-7-14-30;7-6-4-2-1-3-5-6;/h2-9,11,13,15,17-20,22,25-26,38H,10,16,21,23-24H2,1H3;1-5,7H;/q-1;;. The van der Waals surface area contributed by atoms with Crippen LogP contribution in [0.2, 0.25) is 0 Å². The van der Waals surface area contributed by atoms with Gasteiger partial charge in [-0.2, -0.15) is 0 Å². The molecule has 5 nitrogen and oxygen atoms in total. The Balaban J connectivity index is 0.000000532. The molecule has 6 rings (SSSR count). The van der Waals surface area contributed by atoms with E-state index in [1.54, 1.807) is 30.5 Å². The Labute approximate surface area is 285 Å². The molecule has 46 heavy (non-hydrogen) atoms. The van der Waals surface area contributed by atoms with Crippen molar-refractivity contribution in [3.05, 3.63) is 169 Å². The van der Waals surface area contributed by atoms with Crippen LogP contribution in [0.3, 0.4) is 0 Å². The molecule has 0 aliphatic heterocycles. The second kappa shape index (κ2) is 17.2. The molecule has 0 aliphatic carbocycles. The van der Waals surface area contributed by atoms with Gasteiger partial charge in [0.05, 0.1) is 0 Å². The second-order valence-corrected chi connectivity index (χ2v) is 11.5. The zero-order valence-electron chi connectivity index (χ0n) is 25.9. The van der Waals surface area contributed by atoms with Gasteiger partial charge in [-0.05, 0) is 71.8 Å². The summed E-state index contributed by atoms with van der Waals surface area (Å²) in [6, 6.07) is 45.4. The number of aromatic hydroxyl groups is 1. The smallest absolute Gasteiger partial charge is 0.234 e. The van der Waals surface area contributed by atoms with Crippen molar-refractivity contribution in [2.45, 2.75) is 39.0 Å². The van der Waals surface area contributed by atoms with Crippen LogP contribution in [-0.4, -0.2) is 20.3 Å². The third-order valence-corrected chi connectivity index (χ3v) is 7.77. The summed E-state index contributed by atoms with van der Waals surface area (Å²) in [6.45, 7) is 2.35. The maximum atomic E-state index is 10.1. The van der Waals surface area contributed by atoms with E-state index in [-0.39, 0.29) is 25.5 Å². The molecule has 0 saturated heterocycles. The molecular weight excluding hydrogens is 747 g/mol. The van der Waals surface area contributed by atoms with Crippen LogP contribution >= 0.6 is 0 Å². The van der Waals surface area contributed by atoms with Gasteiger partial charge >= 0.3 is 0 Å². The van der Waals surface area contributed by atoms with Gasteiger partial charge in [0.1, 0.15) is 5.75 Å². The summed E-state index contributed by atoms with van der Waals surface area (Å²) in [5.41, 5.74) is 7.23. The largest absolute Gasteiger partial charge is 0.508 e. The van der Waals surface area contributed by atoms with E-state index < -0.39 is 0 Å². The normalized spacial score (nSPS) is 10.7. The summed E-state index contributed by atoms with van der Waals surface area (Å²) in [4.78, 5) is 9.48. The number of aromatic nitrogens is 3. The molecule has 3 aromatic carbocycles. The van der Waals surface area contributed by atoms with E-state index >= 15 is 0 Å². The Morgan fingerprint density at radius 2 is 1.22 bits per heavy atom. The van der Waals surface area contributed by atoms with E-state index in [2.05, 4.69) is 43.3 Å². The fourth-order valence-electron chi connectivity index (χ4n) is 5.50. The molecule has 3 heterocycles. The number of phenolic OH excluding ortho intramolecular Hbond substituents is 1. The van der Waals surface area contributed by atoms with Crippen molar-refractivity contribution in [3.63, 3.8) is 0 Å². The molecule has 1 radical (unpaired) electrons. The Kier molecular flexibility index (Phi) is 12.8. The Morgan fingerprint density at radius 1 is 0.674 bits per heavy atom. The van der Waals surface area contributed by atoms with Gasteiger partial charge in [0.15, 0.2) is 0 Å². The van der Waals surface area contributed by atoms with Crippen molar-refractivity contribution in [1.29, 1.82) is 0 Å². The van der Waals surface area contributed by atoms with E-state index in [1.165, 1.54) is 15.9 Å². The summed E-state index contributed by atoms with van der Waals surface area (Å²) >= 11 is 0. The second-order valence-electron chi connectivity index (χ2n) is 11.5. The molecule has 6 aromatic rings. The Hall–Kier alpha value is -4.64. The molecule has 0 amide bonds. The number of benzene rings is 3. The third-order valence-electron chi connectivity index (χ3n) is 7.77. The first-order chi connectivity index (χ1) is 22.0. The maximum absolute atomic E-state index is 10.1. The van der Waals surface area contributed by atoms with Crippen LogP contribution in [0.4, 0.5) is 0 Å². The fraction of sp³-hybridized carbons (Fsp3) is 0.175.